The van der Waals surface area contributed by atoms with E-state index in [1.807, 2.05) is 14.2 Å². The van der Waals surface area contributed by atoms with Gasteiger partial charge in [0.2, 0.25) is 0 Å². The zero-order valence-electron chi connectivity index (χ0n) is 24.2. The maximum absolute atomic E-state index is 7.14. The number of epoxide rings is 2. The van der Waals surface area contributed by atoms with Gasteiger partial charge in [0.25, 0.3) is 0 Å². The lowest BCUT2D eigenvalue weighted by Gasteiger charge is -2.43. The molecular weight excluding hydrogens is 537 g/mol. The number of hydrogen-bond acceptors (Lipinski definition) is 7. The van der Waals surface area contributed by atoms with Gasteiger partial charge in [-0.1, -0.05) is 12.8 Å². The predicted octanol–water partition coefficient (Wildman–Crippen LogP) is 6.33. The Morgan fingerprint density at radius 1 is 0.676 bits per heavy atom. The van der Waals surface area contributed by atoms with Gasteiger partial charge in [0.15, 0.2) is 0 Å². The van der Waals surface area contributed by atoms with Crippen molar-refractivity contribution in [1.29, 1.82) is 0 Å². The number of ether oxygens (including phenoxy) is 2. The molecule has 0 bridgehead atoms. The largest absolute Gasteiger partial charge is 0.416 e. The van der Waals surface area contributed by atoms with Gasteiger partial charge in [-0.05, 0) is 114 Å². The van der Waals surface area contributed by atoms with E-state index in [9.17, 15) is 0 Å². The quantitative estimate of drug-likeness (QED) is 0.174. The summed E-state index contributed by atoms with van der Waals surface area (Å²) in [5.74, 6) is 1.49. The van der Waals surface area contributed by atoms with Crippen LogP contribution in [0, 0.1) is 11.8 Å². The molecule has 0 aromatic rings. The van der Waals surface area contributed by atoms with Crippen LogP contribution in [-0.2, 0) is 30.7 Å². The molecule has 5 aliphatic rings. The third kappa shape index (κ3) is 7.66. The van der Waals surface area contributed by atoms with Gasteiger partial charge in [-0.15, -0.1) is 0 Å². The Kier molecular flexibility index (Phi) is 9.01. The van der Waals surface area contributed by atoms with Crippen LogP contribution in [0.2, 0.25) is 50.4 Å². The summed E-state index contributed by atoms with van der Waals surface area (Å²) in [5, 5.41) is 0. The molecule has 37 heavy (non-hydrogen) atoms. The predicted molar refractivity (Wildman–Crippen MR) is 153 cm³/mol. The summed E-state index contributed by atoms with van der Waals surface area (Å²) in [5.41, 5.74) is 0. The van der Waals surface area contributed by atoms with Gasteiger partial charge in [0.05, 0.1) is 24.4 Å². The minimum atomic E-state index is -2.46. The summed E-state index contributed by atoms with van der Waals surface area (Å²) in [6.07, 6.45) is 14.4. The Morgan fingerprint density at radius 2 is 1.19 bits per heavy atom. The smallest absolute Gasteiger partial charge is 0.325 e. The minimum absolute atomic E-state index is 0.533. The van der Waals surface area contributed by atoms with E-state index in [1.54, 1.807) is 0 Å². The van der Waals surface area contributed by atoms with Crippen LogP contribution in [0.3, 0.4) is 0 Å². The zero-order valence-corrected chi connectivity index (χ0v) is 28.2. The van der Waals surface area contributed by atoms with Crippen molar-refractivity contribution in [3.05, 3.63) is 0 Å². The van der Waals surface area contributed by atoms with E-state index >= 15 is 0 Å². The van der Waals surface area contributed by atoms with Gasteiger partial charge in [-0.2, -0.15) is 0 Å². The fraction of sp³-hybridized carbons (Fsp3) is 1.00. The molecule has 5 fully saturated rings. The SMILES string of the molecule is CO[Si](C)(CCC1CCC2OC2C1)O[Si](C)(C)O[Si]1(O[Si](C)(CCC2CCC3OC3C2)OC)CCCC1. The van der Waals surface area contributed by atoms with Crippen molar-refractivity contribution < 1.29 is 30.7 Å². The molecule has 214 valence electrons. The first-order valence-electron chi connectivity index (χ1n) is 15.1. The molecular formula is C26H52O7Si4. The summed E-state index contributed by atoms with van der Waals surface area (Å²) < 4.78 is 45.0. The van der Waals surface area contributed by atoms with Crippen LogP contribution in [0.4, 0.5) is 0 Å². The summed E-state index contributed by atoms with van der Waals surface area (Å²) in [7, 11) is -5.81. The molecule has 0 radical (unpaired) electrons. The summed E-state index contributed by atoms with van der Waals surface area (Å²) in [4.78, 5) is 0. The monoisotopic (exact) mass is 588 g/mol. The molecule has 2 saturated carbocycles. The molecule has 5 rings (SSSR count). The Labute approximate surface area is 229 Å². The van der Waals surface area contributed by atoms with E-state index in [4.69, 9.17) is 30.7 Å². The van der Waals surface area contributed by atoms with Gasteiger partial charge in [-0.3, -0.25) is 0 Å². The standard InChI is InChI=1S/C26H52O7Si4/c1-27-35(5,17-13-21-9-11-23-25(19-21)29-23)31-34(3,4)32-37(15-7-8-16-37)33-36(6,28-2)18-14-22-10-12-24-26(20-22)30-24/h21-26H,7-20H2,1-6H3. The van der Waals surface area contributed by atoms with Gasteiger partial charge >= 0.3 is 34.2 Å². The van der Waals surface area contributed by atoms with Crippen molar-refractivity contribution in [2.45, 2.75) is 139 Å². The molecule has 3 heterocycles. The van der Waals surface area contributed by atoms with Crippen molar-refractivity contribution in [3.8, 4) is 0 Å². The Hall–Kier alpha value is 0.588. The number of hydrogen-bond donors (Lipinski definition) is 0. The van der Waals surface area contributed by atoms with E-state index < -0.39 is 34.2 Å². The molecule has 8 atom stereocenters. The van der Waals surface area contributed by atoms with E-state index in [0.717, 1.165) is 36.0 Å². The molecule has 8 unspecified atom stereocenters. The van der Waals surface area contributed by atoms with Gasteiger partial charge in [0.1, 0.15) is 0 Å². The van der Waals surface area contributed by atoms with Crippen LogP contribution in [0.1, 0.15) is 64.2 Å². The third-order valence-corrected chi connectivity index (χ3v) is 26.5. The zero-order chi connectivity index (χ0) is 26.3. The van der Waals surface area contributed by atoms with Crippen LogP contribution in [0.25, 0.3) is 0 Å². The van der Waals surface area contributed by atoms with Crippen LogP contribution in [0.15, 0.2) is 0 Å². The fourth-order valence-electron chi connectivity index (χ4n) is 7.34. The van der Waals surface area contributed by atoms with Crippen LogP contribution in [-0.4, -0.2) is 72.9 Å². The third-order valence-electron chi connectivity index (χ3n) is 9.76. The van der Waals surface area contributed by atoms with Crippen LogP contribution >= 0.6 is 0 Å². The van der Waals surface area contributed by atoms with Crippen molar-refractivity contribution in [2.75, 3.05) is 14.2 Å². The van der Waals surface area contributed by atoms with Crippen LogP contribution in [0.5, 0.6) is 0 Å². The Morgan fingerprint density at radius 3 is 1.68 bits per heavy atom. The van der Waals surface area contributed by atoms with Gasteiger partial charge in [0, 0.05) is 14.2 Å². The van der Waals surface area contributed by atoms with E-state index in [0.29, 0.717) is 24.4 Å². The molecule has 2 aliphatic carbocycles. The summed E-state index contributed by atoms with van der Waals surface area (Å²) in [6.45, 7) is 8.94. The summed E-state index contributed by atoms with van der Waals surface area (Å²) >= 11 is 0. The van der Waals surface area contributed by atoms with Gasteiger partial charge in [-0.25, -0.2) is 0 Å². The van der Waals surface area contributed by atoms with E-state index in [2.05, 4.69) is 26.2 Å². The molecule has 3 aliphatic heterocycles. The van der Waals surface area contributed by atoms with Crippen molar-refractivity contribution in [1.82, 2.24) is 0 Å². The highest BCUT2D eigenvalue weighted by molar-refractivity contribution is 6.89. The highest BCUT2D eigenvalue weighted by Crippen LogP contribution is 2.44. The van der Waals surface area contributed by atoms with Crippen molar-refractivity contribution >= 4 is 34.2 Å². The number of fused-ring (bicyclic) bond motifs is 2. The Balaban J connectivity index is 1.16. The Bertz CT molecular complexity index is 784. The van der Waals surface area contributed by atoms with Crippen molar-refractivity contribution in [2.24, 2.45) is 11.8 Å². The molecule has 0 amide bonds. The molecule has 0 N–H and O–H groups in total. The maximum atomic E-state index is 7.14. The average Bonchev–Trinajstić information content (AvgIpc) is 3.77. The molecule has 0 aromatic heterocycles. The first-order chi connectivity index (χ1) is 17.5. The average molecular weight is 589 g/mol. The first-order valence-corrected chi connectivity index (χ1v) is 25.2. The van der Waals surface area contributed by atoms with Gasteiger partial charge < -0.3 is 30.7 Å². The highest BCUT2D eigenvalue weighted by atomic mass is 28.5. The fourth-order valence-corrected chi connectivity index (χ4v) is 26.5. The van der Waals surface area contributed by atoms with Crippen molar-refractivity contribution in [3.63, 3.8) is 0 Å². The second-order valence-electron chi connectivity index (χ2n) is 13.4. The molecule has 7 nitrogen and oxygen atoms in total. The highest BCUT2D eigenvalue weighted by Gasteiger charge is 2.53. The second-order valence-corrected chi connectivity index (χ2v) is 27.8. The van der Waals surface area contributed by atoms with E-state index in [-0.39, 0.29) is 0 Å². The number of rotatable bonds is 14. The lowest BCUT2D eigenvalue weighted by molar-refractivity contribution is 0.231. The molecule has 0 spiro atoms. The molecule has 0 aromatic carbocycles. The lowest BCUT2D eigenvalue weighted by atomic mass is 9.88. The summed E-state index contributed by atoms with van der Waals surface area (Å²) in [6, 6.07) is 4.20. The first kappa shape index (κ1) is 29.1. The second kappa shape index (κ2) is 11.5. The maximum Gasteiger partial charge on any atom is 0.325 e. The molecule has 3 saturated heterocycles. The van der Waals surface area contributed by atoms with Crippen LogP contribution < -0.4 is 0 Å². The normalized spacial score (nSPS) is 37.8. The lowest BCUT2D eigenvalue weighted by Crippen LogP contribution is -2.59. The topological polar surface area (TPSA) is 71.2 Å². The minimum Gasteiger partial charge on any atom is -0.416 e. The van der Waals surface area contributed by atoms with E-state index in [1.165, 1.54) is 64.2 Å². The molecule has 11 heteroatoms.